The average molecular weight is 424 g/mol. The first-order chi connectivity index (χ1) is 13.7. The van der Waals surface area contributed by atoms with Crippen molar-refractivity contribution in [3.63, 3.8) is 0 Å². The van der Waals surface area contributed by atoms with Crippen LogP contribution in [-0.2, 0) is 21.2 Å². The van der Waals surface area contributed by atoms with E-state index in [1.54, 1.807) is 14.2 Å². The molecule has 1 amide bonds. The Morgan fingerprint density at radius 2 is 1.83 bits per heavy atom. The van der Waals surface area contributed by atoms with E-state index in [9.17, 15) is 17.6 Å². The first kappa shape index (κ1) is 22.5. The SMILES string of the molecule is COc1ccc(CCCNC(=O)CN(c2cccc(F)c2)S(C)(=O)=O)cc1OC. The molecular weight excluding hydrogens is 399 g/mol. The van der Waals surface area contributed by atoms with E-state index in [4.69, 9.17) is 9.47 Å². The van der Waals surface area contributed by atoms with Crippen molar-refractivity contribution in [2.45, 2.75) is 12.8 Å². The maximum absolute atomic E-state index is 13.4. The maximum atomic E-state index is 13.4. The monoisotopic (exact) mass is 424 g/mol. The molecule has 158 valence electrons. The van der Waals surface area contributed by atoms with E-state index in [1.807, 2.05) is 18.2 Å². The third-order valence-corrected chi connectivity index (χ3v) is 5.34. The summed E-state index contributed by atoms with van der Waals surface area (Å²) in [6, 6.07) is 10.7. The van der Waals surface area contributed by atoms with Gasteiger partial charge < -0.3 is 14.8 Å². The number of sulfonamides is 1. The number of anilines is 1. The Hall–Kier alpha value is -2.81. The lowest BCUT2D eigenvalue weighted by molar-refractivity contribution is -0.119. The predicted molar refractivity (Wildman–Crippen MR) is 109 cm³/mol. The molecule has 0 aliphatic heterocycles. The predicted octanol–water partition coefficient (Wildman–Crippen LogP) is 2.36. The molecule has 0 aliphatic rings. The minimum absolute atomic E-state index is 0.105. The van der Waals surface area contributed by atoms with Crippen LogP contribution in [0.2, 0.25) is 0 Å². The van der Waals surface area contributed by atoms with Crippen molar-refractivity contribution in [2.75, 3.05) is 37.9 Å². The zero-order chi connectivity index (χ0) is 21.4. The van der Waals surface area contributed by atoms with Crippen LogP contribution in [0.15, 0.2) is 42.5 Å². The van der Waals surface area contributed by atoms with Crippen molar-refractivity contribution in [1.29, 1.82) is 0 Å². The zero-order valence-corrected chi connectivity index (χ0v) is 17.5. The number of nitrogens with zero attached hydrogens (tertiary/aromatic N) is 1. The van der Waals surface area contributed by atoms with Crippen molar-refractivity contribution in [3.05, 3.63) is 53.8 Å². The highest BCUT2D eigenvalue weighted by Gasteiger charge is 2.21. The Labute approximate surface area is 170 Å². The van der Waals surface area contributed by atoms with Gasteiger partial charge in [0.1, 0.15) is 12.4 Å². The van der Waals surface area contributed by atoms with Crippen molar-refractivity contribution in [2.24, 2.45) is 0 Å². The van der Waals surface area contributed by atoms with Crippen LogP contribution in [0.5, 0.6) is 11.5 Å². The van der Waals surface area contributed by atoms with E-state index in [1.165, 1.54) is 18.2 Å². The van der Waals surface area contributed by atoms with Gasteiger partial charge in [-0.05, 0) is 48.7 Å². The molecule has 2 aromatic rings. The van der Waals surface area contributed by atoms with Crippen LogP contribution in [0.4, 0.5) is 10.1 Å². The van der Waals surface area contributed by atoms with Gasteiger partial charge in [0.2, 0.25) is 15.9 Å². The number of ether oxygens (including phenoxy) is 2. The number of carbonyl (C=O) groups excluding carboxylic acids is 1. The molecule has 0 aromatic heterocycles. The second-order valence-electron chi connectivity index (χ2n) is 6.39. The summed E-state index contributed by atoms with van der Waals surface area (Å²) in [4.78, 5) is 12.2. The number of halogens is 1. The van der Waals surface area contributed by atoms with Crippen LogP contribution >= 0.6 is 0 Å². The highest BCUT2D eigenvalue weighted by Crippen LogP contribution is 2.27. The summed E-state index contributed by atoms with van der Waals surface area (Å²) in [5.74, 6) is 0.231. The lowest BCUT2D eigenvalue weighted by atomic mass is 10.1. The van der Waals surface area contributed by atoms with E-state index in [2.05, 4.69) is 5.32 Å². The van der Waals surface area contributed by atoms with Gasteiger partial charge >= 0.3 is 0 Å². The Balaban J connectivity index is 1.90. The van der Waals surface area contributed by atoms with Gasteiger partial charge in [0, 0.05) is 6.54 Å². The molecule has 0 atom stereocenters. The normalized spacial score (nSPS) is 11.0. The molecule has 1 N–H and O–H groups in total. The molecule has 0 saturated carbocycles. The average Bonchev–Trinajstić information content (AvgIpc) is 2.68. The molecule has 2 aromatic carbocycles. The van der Waals surface area contributed by atoms with Crippen LogP contribution in [0.3, 0.4) is 0 Å². The molecular formula is C20H25FN2O5S. The number of aryl methyl sites for hydroxylation is 1. The summed E-state index contributed by atoms with van der Waals surface area (Å²) in [5.41, 5.74) is 1.13. The molecule has 0 aliphatic carbocycles. The number of nitrogens with one attached hydrogen (secondary N) is 1. The van der Waals surface area contributed by atoms with Crippen LogP contribution in [0, 0.1) is 5.82 Å². The molecule has 0 radical (unpaired) electrons. The summed E-state index contributed by atoms with van der Waals surface area (Å²) in [5, 5.41) is 2.70. The fourth-order valence-corrected chi connectivity index (χ4v) is 3.62. The molecule has 0 bridgehead atoms. The second kappa shape index (κ2) is 10.1. The third-order valence-electron chi connectivity index (χ3n) is 4.20. The Kier molecular flexibility index (Phi) is 7.83. The molecule has 2 rings (SSSR count). The fourth-order valence-electron chi connectivity index (χ4n) is 2.77. The number of rotatable bonds is 10. The highest BCUT2D eigenvalue weighted by atomic mass is 32.2. The van der Waals surface area contributed by atoms with Crippen LogP contribution in [-0.4, -0.2) is 47.9 Å². The number of methoxy groups -OCH3 is 2. The Morgan fingerprint density at radius 3 is 2.45 bits per heavy atom. The molecule has 7 nitrogen and oxygen atoms in total. The van der Waals surface area contributed by atoms with Crippen molar-refractivity contribution >= 4 is 21.6 Å². The second-order valence-corrected chi connectivity index (χ2v) is 8.30. The largest absolute Gasteiger partial charge is 0.493 e. The van der Waals surface area contributed by atoms with Crippen LogP contribution < -0.4 is 19.1 Å². The Morgan fingerprint density at radius 1 is 1.10 bits per heavy atom. The van der Waals surface area contributed by atoms with Crippen molar-refractivity contribution in [1.82, 2.24) is 5.32 Å². The Bertz CT molecular complexity index is 950. The molecule has 0 spiro atoms. The van der Waals surface area contributed by atoms with Gasteiger partial charge in [-0.25, -0.2) is 12.8 Å². The zero-order valence-electron chi connectivity index (χ0n) is 16.6. The smallest absolute Gasteiger partial charge is 0.240 e. The summed E-state index contributed by atoms with van der Waals surface area (Å²) >= 11 is 0. The molecule has 29 heavy (non-hydrogen) atoms. The van der Waals surface area contributed by atoms with Gasteiger partial charge in [0.05, 0.1) is 26.2 Å². The standard InChI is InChI=1S/C20H25FN2O5S/c1-27-18-10-9-15(12-19(18)28-2)6-5-11-22-20(24)14-23(29(3,25)26)17-8-4-7-16(21)13-17/h4,7-10,12-13H,5-6,11,14H2,1-3H3,(H,22,24). The number of amides is 1. The first-order valence-corrected chi connectivity index (χ1v) is 10.8. The molecule has 0 unspecified atom stereocenters. The summed E-state index contributed by atoms with van der Waals surface area (Å²) < 4.78 is 48.8. The number of hydrogen-bond acceptors (Lipinski definition) is 5. The van der Waals surface area contributed by atoms with Gasteiger partial charge in [-0.2, -0.15) is 0 Å². The topological polar surface area (TPSA) is 84.9 Å². The van der Waals surface area contributed by atoms with Gasteiger partial charge in [0.25, 0.3) is 0 Å². The minimum Gasteiger partial charge on any atom is -0.493 e. The molecule has 9 heteroatoms. The van der Waals surface area contributed by atoms with E-state index >= 15 is 0 Å². The van der Waals surface area contributed by atoms with E-state index in [0.717, 1.165) is 22.2 Å². The maximum Gasteiger partial charge on any atom is 0.240 e. The summed E-state index contributed by atoms with van der Waals surface area (Å²) in [6.07, 6.45) is 2.32. The molecule has 0 saturated heterocycles. The quantitative estimate of drug-likeness (QED) is 0.592. The van der Waals surface area contributed by atoms with Crippen molar-refractivity contribution < 1.29 is 27.1 Å². The van der Waals surface area contributed by atoms with E-state index in [-0.39, 0.29) is 5.69 Å². The van der Waals surface area contributed by atoms with E-state index in [0.29, 0.717) is 30.9 Å². The van der Waals surface area contributed by atoms with E-state index < -0.39 is 28.3 Å². The van der Waals surface area contributed by atoms with Crippen LogP contribution in [0.25, 0.3) is 0 Å². The lowest BCUT2D eigenvalue weighted by Crippen LogP contribution is -2.40. The van der Waals surface area contributed by atoms with Gasteiger partial charge in [-0.1, -0.05) is 12.1 Å². The number of benzene rings is 2. The van der Waals surface area contributed by atoms with Gasteiger partial charge in [-0.15, -0.1) is 0 Å². The number of hydrogen-bond donors (Lipinski definition) is 1. The minimum atomic E-state index is -3.74. The van der Waals surface area contributed by atoms with Crippen LogP contribution in [0.1, 0.15) is 12.0 Å². The third kappa shape index (κ3) is 6.63. The van der Waals surface area contributed by atoms with Crippen molar-refractivity contribution in [3.8, 4) is 11.5 Å². The van der Waals surface area contributed by atoms with Gasteiger partial charge in [0.15, 0.2) is 11.5 Å². The highest BCUT2D eigenvalue weighted by molar-refractivity contribution is 7.92. The summed E-state index contributed by atoms with van der Waals surface area (Å²) in [6.45, 7) is -0.0490. The van der Waals surface area contributed by atoms with Gasteiger partial charge in [-0.3, -0.25) is 9.10 Å². The summed E-state index contributed by atoms with van der Waals surface area (Å²) in [7, 11) is -0.608. The fraction of sp³-hybridized carbons (Fsp3) is 0.350. The first-order valence-electron chi connectivity index (χ1n) is 8.95. The molecule has 0 heterocycles. The lowest BCUT2D eigenvalue weighted by Gasteiger charge is -2.21. The number of carbonyl (C=O) groups is 1. The molecule has 0 fully saturated rings.